The fourth-order valence-electron chi connectivity index (χ4n) is 2.37. The van der Waals surface area contributed by atoms with E-state index in [1.807, 2.05) is 0 Å². The first kappa shape index (κ1) is 12.4. The van der Waals surface area contributed by atoms with E-state index in [0.29, 0.717) is 13.2 Å². The van der Waals surface area contributed by atoms with Gasteiger partial charge in [-0.1, -0.05) is 26.2 Å². The fraction of sp³-hybridized carbons (Fsp3) is 0.846. The highest BCUT2D eigenvalue weighted by molar-refractivity contribution is 6.05. The Kier molecular flexibility index (Phi) is 4.02. The molecule has 0 aromatic heterocycles. The summed E-state index contributed by atoms with van der Waals surface area (Å²) in [5.41, 5.74) is -0.234. The summed E-state index contributed by atoms with van der Waals surface area (Å²) in [5.74, 6) is 1.66. The lowest BCUT2D eigenvalue weighted by atomic mass is 9.84. The SMILES string of the molecule is CCCCCC(C)(C1=NCCO1)C1=NCCO1. The Bertz CT molecular complexity index is 299. The summed E-state index contributed by atoms with van der Waals surface area (Å²) >= 11 is 0. The fourth-order valence-corrected chi connectivity index (χ4v) is 2.37. The average Bonchev–Trinajstić information content (AvgIpc) is 3.02. The van der Waals surface area contributed by atoms with Gasteiger partial charge < -0.3 is 9.47 Å². The first-order valence-corrected chi connectivity index (χ1v) is 6.63. The smallest absolute Gasteiger partial charge is 0.199 e. The van der Waals surface area contributed by atoms with Gasteiger partial charge in [0.25, 0.3) is 0 Å². The number of hydrogen-bond acceptors (Lipinski definition) is 4. The molecule has 0 saturated heterocycles. The summed E-state index contributed by atoms with van der Waals surface area (Å²) in [7, 11) is 0. The highest BCUT2D eigenvalue weighted by atomic mass is 16.5. The van der Waals surface area contributed by atoms with Crippen molar-refractivity contribution in [1.29, 1.82) is 0 Å². The van der Waals surface area contributed by atoms with Crippen molar-refractivity contribution in [2.75, 3.05) is 26.3 Å². The minimum Gasteiger partial charge on any atom is -0.478 e. The number of hydrogen-bond donors (Lipinski definition) is 0. The molecule has 0 aromatic carbocycles. The monoisotopic (exact) mass is 238 g/mol. The third-order valence-electron chi connectivity index (χ3n) is 3.40. The quantitative estimate of drug-likeness (QED) is 0.667. The molecule has 96 valence electrons. The number of rotatable bonds is 6. The van der Waals surface area contributed by atoms with Crippen LogP contribution < -0.4 is 0 Å². The van der Waals surface area contributed by atoms with Gasteiger partial charge in [0.05, 0.1) is 13.1 Å². The number of nitrogens with zero attached hydrogens (tertiary/aromatic N) is 2. The predicted octanol–water partition coefficient (Wildman–Crippen LogP) is 2.43. The molecule has 17 heavy (non-hydrogen) atoms. The summed E-state index contributed by atoms with van der Waals surface area (Å²) in [6, 6.07) is 0. The van der Waals surface area contributed by atoms with E-state index in [4.69, 9.17) is 9.47 Å². The molecule has 0 spiro atoms. The van der Waals surface area contributed by atoms with Gasteiger partial charge in [-0.3, -0.25) is 9.98 Å². The molecular weight excluding hydrogens is 216 g/mol. The highest BCUT2D eigenvalue weighted by Gasteiger charge is 2.41. The van der Waals surface area contributed by atoms with Gasteiger partial charge in [-0.2, -0.15) is 0 Å². The molecule has 0 saturated carbocycles. The molecule has 4 heteroatoms. The van der Waals surface area contributed by atoms with Crippen LogP contribution in [0.1, 0.15) is 39.5 Å². The summed E-state index contributed by atoms with van der Waals surface area (Å²) in [6.07, 6.45) is 4.63. The molecule has 4 nitrogen and oxygen atoms in total. The summed E-state index contributed by atoms with van der Waals surface area (Å²) in [6.45, 7) is 7.30. The van der Waals surface area contributed by atoms with Crippen molar-refractivity contribution in [3.63, 3.8) is 0 Å². The number of unbranched alkanes of at least 4 members (excludes halogenated alkanes) is 2. The van der Waals surface area contributed by atoms with E-state index >= 15 is 0 Å². The summed E-state index contributed by atoms with van der Waals surface area (Å²) in [5, 5.41) is 0. The van der Waals surface area contributed by atoms with Crippen LogP contribution in [0.25, 0.3) is 0 Å². The second-order valence-corrected chi connectivity index (χ2v) is 4.86. The number of ether oxygens (including phenoxy) is 2. The topological polar surface area (TPSA) is 43.2 Å². The molecule has 2 heterocycles. The summed E-state index contributed by atoms with van der Waals surface area (Å²) in [4.78, 5) is 8.93. The van der Waals surface area contributed by atoms with E-state index in [1.54, 1.807) is 0 Å². The molecule has 0 amide bonds. The van der Waals surface area contributed by atoms with E-state index in [2.05, 4.69) is 23.8 Å². The number of aliphatic imine (C=N–C) groups is 2. The molecule has 2 rings (SSSR count). The maximum absolute atomic E-state index is 5.65. The lowest BCUT2D eigenvalue weighted by Gasteiger charge is -2.27. The zero-order valence-corrected chi connectivity index (χ0v) is 10.9. The lowest BCUT2D eigenvalue weighted by Crippen LogP contribution is -2.37. The Hall–Kier alpha value is -1.06. The van der Waals surface area contributed by atoms with Gasteiger partial charge in [0.1, 0.15) is 18.6 Å². The molecule has 0 N–H and O–H groups in total. The minimum atomic E-state index is -0.234. The minimum absolute atomic E-state index is 0.234. The largest absolute Gasteiger partial charge is 0.478 e. The molecule has 2 aliphatic rings. The molecule has 2 aliphatic heterocycles. The van der Waals surface area contributed by atoms with Crippen LogP contribution in [-0.2, 0) is 9.47 Å². The third kappa shape index (κ3) is 2.61. The van der Waals surface area contributed by atoms with Gasteiger partial charge in [-0.05, 0) is 13.3 Å². The van der Waals surface area contributed by atoms with Crippen molar-refractivity contribution in [3.05, 3.63) is 0 Å². The van der Waals surface area contributed by atoms with Crippen LogP contribution in [0, 0.1) is 5.41 Å². The maximum atomic E-state index is 5.65. The van der Waals surface area contributed by atoms with Crippen LogP contribution in [0.2, 0.25) is 0 Å². The van der Waals surface area contributed by atoms with E-state index in [9.17, 15) is 0 Å². The normalized spacial score (nSPS) is 19.6. The molecule has 0 aromatic rings. The van der Waals surface area contributed by atoms with Crippen molar-refractivity contribution in [3.8, 4) is 0 Å². The standard InChI is InChI=1S/C13H22N2O2/c1-3-4-5-6-13(2,11-14-7-9-16-11)12-15-8-10-17-12/h3-10H2,1-2H3. The Balaban J connectivity index is 2.09. The van der Waals surface area contributed by atoms with Crippen molar-refractivity contribution in [2.24, 2.45) is 15.4 Å². The van der Waals surface area contributed by atoms with E-state index in [-0.39, 0.29) is 5.41 Å². The predicted molar refractivity (Wildman–Crippen MR) is 68.8 cm³/mol. The second-order valence-electron chi connectivity index (χ2n) is 4.86. The Morgan fingerprint density at radius 3 is 2.06 bits per heavy atom. The van der Waals surface area contributed by atoms with Gasteiger partial charge in [0.15, 0.2) is 11.8 Å². The van der Waals surface area contributed by atoms with Gasteiger partial charge >= 0.3 is 0 Å². The Labute approximate surface area is 103 Å². The van der Waals surface area contributed by atoms with E-state index in [0.717, 1.165) is 37.7 Å². The van der Waals surface area contributed by atoms with Crippen LogP contribution in [0.3, 0.4) is 0 Å². The van der Waals surface area contributed by atoms with Crippen molar-refractivity contribution < 1.29 is 9.47 Å². The van der Waals surface area contributed by atoms with Crippen LogP contribution in [0.15, 0.2) is 9.98 Å². The Morgan fingerprint density at radius 2 is 1.65 bits per heavy atom. The van der Waals surface area contributed by atoms with Gasteiger partial charge in [-0.25, -0.2) is 0 Å². The lowest BCUT2D eigenvalue weighted by molar-refractivity contribution is 0.265. The first-order chi connectivity index (χ1) is 8.27. The van der Waals surface area contributed by atoms with Crippen LogP contribution >= 0.6 is 0 Å². The molecule has 0 unspecified atom stereocenters. The van der Waals surface area contributed by atoms with Gasteiger partial charge in [0.2, 0.25) is 0 Å². The molecule has 0 fully saturated rings. The van der Waals surface area contributed by atoms with Gasteiger partial charge in [0, 0.05) is 0 Å². The average molecular weight is 238 g/mol. The van der Waals surface area contributed by atoms with Crippen LogP contribution in [0.5, 0.6) is 0 Å². The van der Waals surface area contributed by atoms with Crippen molar-refractivity contribution in [2.45, 2.75) is 39.5 Å². The molecule has 0 radical (unpaired) electrons. The molecule has 0 bridgehead atoms. The van der Waals surface area contributed by atoms with Crippen molar-refractivity contribution >= 4 is 11.8 Å². The summed E-state index contributed by atoms with van der Waals surface area (Å²) < 4.78 is 11.3. The Morgan fingerprint density at radius 1 is 1.06 bits per heavy atom. The zero-order chi connectivity index (χ0) is 12.1. The third-order valence-corrected chi connectivity index (χ3v) is 3.40. The van der Waals surface area contributed by atoms with E-state index in [1.165, 1.54) is 12.8 Å². The van der Waals surface area contributed by atoms with Crippen LogP contribution in [-0.4, -0.2) is 38.1 Å². The molecule has 0 atom stereocenters. The maximum Gasteiger partial charge on any atom is 0.199 e. The van der Waals surface area contributed by atoms with E-state index < -0.39 is 0 Å². The first-order valence-electron chi connectivity index (χ1n) is 6.63. The second kappa shape index (κ2) is 5.52. The zero-order valence-electron chi connectivity index (χ0n) is 10.9. The molecule has 0 aliphatic carbocycles. The molecular formula is C13H22N2O2. The van der Waals surface area contributed by atoms with Gasteiger partial charge in [-0.15, -0.1) is 0 Å². The van der Waals surface area contributed by atoms with Crippen LogP contribution in [0.4, 0.5) is 0 Å². The van der Waals surface area contributed by atoms with Crippen molar-refractivity contribution in [1.82, 2.24) is 0 Å². The highest BCUT2D eigenvalue weighted by Crippen LogP contribution is 2.32.